The Morgan fingerprint density at radius 2 is 1.68 bits per heavy atom. The van der Waals surface area contributed by atoms with Gasteiger partial charge in [0.25, 0.3) is 10.0 Å². The largest absolute Gasteiger partial charge is 0.494 e. The standard InChI is InChI=1S/C24H18FN3O5S/c1-4-14-10-16(6-7-17(14)15-5-8-21(33-3)18(25)11-15)28-34(31,32)22-12-20-19(9-13(22)2)26-23(29)24(30)27-20/h1,5-12,28H,2-3H3,(H,26,29)(H,27,30). The fraction of sp³-hybridized carbons (Fsp3) is 0.0833. The Morgan fingerprint density at radius 1 is 1.00 bits per heavy atom. The molecule has 3 aromatic carbocycles. The molecule has 0 spiro atoms. The van der Waals surface area contributed by atoms with Crippen LogP contribution < -0.4 is 20.6 Å². The number of halogens is 1. The summed E-state index contributed by atoms with van der Waals surface area (Å²) < 4.78 is 47.7. The van der Waals surface area contributed by atoms with E-state index in [4.69, 9.17) is 11.2 Å². The minimum atomic E-state index is -4.09. The van der Waals surface area contributed by atoms with Crippen LogP contribution in [0.25, 0.3) is 22.2 Å². The molecule has 0 aliphatic carbocycles. The Morgan fingerprint density at radius 3 is 2.29 bits per heavy atom. The SMILES string of the molecule is C#Cc1cc(NS(=O)(=O)c2cc3[nH]c(=O)c(=O)[nH]c3cc2C)ccc1-c1ccc(OC)c(F)c1. The van der Waals surface area contributed by atoms with Gasteiger partial charge in [0.1, 0.15) is 0 Å². The summed E-state index contributed by atoms with van der Waals surface area (Å²) in [5, 5.41) is 0. The van der Waals surface area contributed by atoms with Crippen molar-refractivity contribution in [2.24, 2.45) is 0 Å². The Bertz CT molecular complexity index is 1720. The molecule has 1 heterocycles. The van der Waals surface area contributed by atoms with E-state index in [0.29, 0.717) is 27.8 Å². The molecule has 3 N–H and O–H groups in total. The van der Waals surface area contributed by atoms with Crippen LogP contribution in [0.4, 0.5) is 10.1 Å². The minimum Gasteiger partial charge on any atom is -0.494 e. The lowest BCUT2D eigenvalue weighted by molar-refractivity contribution is 0.386. The van der Waals surface area contributed by atoms with Gasteiger partial charge in [0.15, 0.2) is 11.6 Å². The van der Waals surface area contributed by atoms with Crippen LogP contribution in [0.3, 0.4) is 0 Å². The van der Waals surface area contributed by atoms with Gasteiger partial charge < -0.3 is 14.7 Å². The number of hydrogen-bond acceptors (Lipinski definition) is 5. The average molecular weight is 479 g/mol. The lowest BCUT2D eigenvalue weighted by Gasteiger charge is -2.13. The van der Waals surface area contributed by atoms with Gasteiger partial charge in [-0.15, -0.1) is 6.42 Å². The molecule has 0 unspecified atom stereocenters. The third-order valence-corrected chi connectivity index (χ3v) is 6.72. The van der Waals surface area contributed by atoms with Gasteiger partial charge in [-0.1, -0.05) is 18.1 Å². The van der Waals surface area contributed by atoms with Crippen molar-refractivity contribution < 1.29 is 17.5 Å². The van der Waals surface area contributed by atoms with Gasteiger partial charge in [0.2, 0.25) is 0 Å². The van der Waals surface area contributed by atoms with Crippen LogP contribution in [-0.4, -0.2) is 25.5 Å². The molecular formula is C24H18FN3O5S. The van der Waals surface area contributed by atoms with Crippen LogP contribution >= 0.6 is 0 Å². The molecule has 8 nitrogen and oxygen atoms in total. The normalized spacial score (nSPS) is 11.2. The predicted octanol–water partition coefficient (Wildman–Crippen LogP) is 3.12. The molecule has 34 heavy (non-hydrogen) atoms. The highest BCUT2D eigenvalue weighted by Gasteiger charge is 2.19. The number of fused-ring (bicyclic) bond motifs is 1. The Kier molecular flexibility index (Phi) is 5.73. The number of hydrogen-bond donors (Lipinski definition) is 3. The first-order valence-corrected chi connectivity index (χ1v) is 11.4. The molecule has 0 aliphatic rings. The Balaban J connectivity index is 1.72. The van der Waals surface area contributed by atoms with Crippen molar-refractivity contribution in [3.8, 4) is 29.2 Å². The van der Waals surface area contributed by atoms with Crippen LogP contribution in [0.5, 0.6) is 5.75 Å². The lowest BCUT2D eigenvalue weighted by Crippen LogP contribution is -2.29. The maximum Gasteiger partial charge on any atom is 0.314 e. The van der Waals surface area contributed by atoms with Crippen LogP contribution in [0.15, 0.2) is 63.0 Å². The number of aromatic nitrogens is 2. The van der Waals surface area contributed by atoms with E-state index in [-0.39, 0.29) is 21.8 Å². The number of anilines is 1. The zero-order valence-electron chi connectivity index (χ0n) is 18.0. The molecule has 0 saturated carbocycles. The van der Waals surface area contributed by atoms with Crippen molar-refractivity contribution in [3.63, 3.8) is 0 Å². The molecule has 0 aliphatic heterocycles. The van der Waals surface area contributed by atoms with Gasteiger partial charge in [0.05, 0.1) is 28.7 Å². The van der Waals surface area contributed by atoms with Gasteiger partial charge in [-0.25, -0.2) is 12.8 Å². The summed E-state index contributed by atoms with van der Waals surface area (Å²) in [5.74, 6) is 2.03. The van der Waals surface area contributed by atoms with Gasteiger partial charge in [0, 0.05) is 5.56 Å². The van der Waals surface area contributed by atoms with Crippen molar-refractivity contribution in [1.82, 2.24) is 9.97 Å². The molecule has 0 bridgehead atoms. The Labute approximate surface area is 193 Å². The number of methoxy groups -OCH3 is 1. The van der Waals surface area contributed by atoms with E-state index in [1.165, 1.54) is 43.5 Å². The summed E-state index contributed by atoms with van der Waals surface area (Å²) in [6, 6.07) is 11.7. The zero-order chi connectivity index (χ0) is 24.6. The number of sulfonamides is 1. The molecule has 0 amide bonds. The maximum atomic E-state index is 14.1. The summed E-state index contributed by atoms with van der Waals surface area (Å²) >= 11 is 0. The molecule has 0 saturated heterocycles. The highest BCUT2D eigenvalue weighted by atomic mass is 32.2. The summed E-state index contributed by atoms with van der Waals surface area (Å²) in [6.45, 7) is 1.56. The molecule has 0 fully saturated rings. The number of terminal acetylenes is 1. The third-order valence-electron chi connectivity index (χ3n) is 5.20. The quantitative estimate of drug-likeness (QED) is 0.300. The van der Waals surface area contributed by atoms with Crippen LogP contribution in [-0.2, 0) is 10.0 Å². The van der Waals surface area contributed by atoms with E-state index < -0.39 is 27.0 Å². The number of aryl methyl sites for hydroxylation is 1. The summed E-state index contributed by atoms with van der Waals surface area (Å²) in [5.41, 5.74) is 0.673. The number of benzene rings is 3. The van der Waals surface area contributed by atoms with Crippen molar-refractivity contribution in [1.29, 1.82) is 0 Å². The van der Waals surface area contributed by atoms with E-state index in [1.807, 2.05) is 0 Å². The second-order valence-corrected chi connectivity index (χ2v) is 9.08. The first-order valence-electron chi connectivity index (χ1n) is 9.87. The van der Waals surface area contributed by atoms with Crippen LogP contribution in [0.2, 0.25) is 0 Å². The summed E-state index contributed by atoms with van der Waals surface area (Å²) in [4.78, 5) is 27.8. The van der Waals surface area contributed by atoms with E-state index in [1.54, 1.807) is 19.1 Å². The fourth-order valence-electron chi connectivity index (χ4n) is 3.57. The number of nitrogens with one attached hydrogen (secondary N) is 3. The molecular weight excluding hydrogens is 461 g/mol. The van der Waals surface area contributed by atoms with Gasteiger partial charge in [-0.2, -0.15) is 0 Å². The van der Waals surface area contributed by atoms with Crippen molar-refractivity contribution >= 4 is 26.7 Å². The van der Waals surface area contributed by atoms with Crippen LogP contribution in [0.1, 0.15) is 11.1 Å². The molecule has 10 heteroatoms. The van der Waals surface area contributed by atoms with Gasteiger partial charge in [-0.3, -0.25) is 14.3 Å². The van der Waals surface area contributed by atoms with Gasteiger partial charge in [-0.05, 0) is 60.0 Å². The van der Waals surface area contributed by atoms with E-state index >= 15 is 0 Å². The van der Waals surface area contributed by atoms with E-state index in [0.717, 1.165) is 0 Å². The molecule has 4 aromatic rings. The zero-order valence-corrected chi connectivity index (χ0v) is 18.8. The monoisotopic (exact) mass is 479 g/mol. The smallest absolute Gasteiger partial charge is 0.314 e. The second-order valence-electron chi connectivity index (χ2n) is 7.43. The topological polar surface area (TPSA) is 121 Å². The van der Waals surface area contributed by atoms with Gasteiger partial charge >= 0.3 is 11.1 Å². The highest BCUT2D eigenvalue weighted by molar-refractivity contribution is 7.92. The lowest BCUT2D eigenvalue weighted by atomic mass is 9.99. The Hall–Kier alpha value is -4.36. The molecule has 1 aromatic heterocycles. The number of ether oxygens (including phenoxy) is 1. The van der Waals surface area contributed by atoms with E-state index in [2.05, 4.69) is 20.6 Å². The third kappa shape index (κ3) is 4.16. The highest BCUT2D eigenvalue weighted by Crippen LogP contribution is 2.30. The second kappa shape index (κ2) is 8.53. The summed E-state index contributed by atoms with van der Waals surface area (Å²) in [7, 11) is -2.72. The first-order chi connectivity index (χ1) is 16.1. The van der Waals surface area contributed by atoms with E-state index in [9.17, 15) is 22.4 Å². The predicted molar refractivity (Wildman–Crippen MR) is 127 cm³/mol. The van der Waals surface area contributed by atoms with Crippen LogP contribution in [0, 0.1) is 25.1 Å². The van der Waals surface area contributed by atoms with Crippen molar-refractivity contribution in [3.05, 3.63) is 86.2 Å². The number of H-pyrrole nitrogens is 2. The maximum absolute atomic E-state index is 14.1. The molecule has 172 valence electrons. The average Bonchev–Trinajstić information content (AvgIpc) is 2.79. The number of rotatable bonds is 5. The number of aromatic amines is 2. The minimum absolute atomic E-state index is 0.0894. The molecule has 0 atom stereocenters. The first kappa shape index (κ1) is 22.8. The molecule has 0 radical (unpaired) electrons. The van der Waals surface area contributed by atoms with Crippen molar-refractivity contribution in [2.45, 2.75) is 11.8 Å². The molecule has 4 rings (SSSR count). The summed E-state index contributed by atoms with van der Waals surface area (Å²) in [6.07, 6.45) is 5.63. The fourth-order valence-corrected chi connectivity index (χ4v) is 4.87. The van der Waals surface area contributed by atoms with Crippen molar-refractivity contribution in [2.75, 3.05) is 11.8 Å².